The molecule has 1 atom stereocenters. The third-order valence-corrected chi connectivity index (χ3v) is 2.50. The predicted octanol–water partition coefficient (Wildman–Crippen LogP) is 0.977. The van der Waals surface area contributed by atoms with Gasteiger partial charge in [-0.3, -0.25) is 5.32 Å². The molecule has 1 aromatic rings. The monoisotopic (exact) mass is 209 g/mol. The fraction of sp³-hybridized carbons (Fsp3) is 0.455. The lowest BCUT2D eigenvalue weighted by Gasteiger charge is -2.21. The van der Waals surface area contributed by atoms with E-state index in [0.29, 0.717) is 19.0 Å². The molecule has 0 bridgehead atoms. The Labute approximate surface area is 88.8 Å². The van der Waals surface area contributed by atoms with Crippen LogP contribution >= 0.6 is 0 Å². The van der Waals surface area contributed by atoms with E-state index in [0.717, 1.165) is 16.9 Å². The summed E-state index contributed by atoms with van der Waals surface area (Å²) in [7, 11) is 1.71. The number of hydrogen-bond acceptors (Lipinski definition) is 4. The van der Waals surface area contributed by atoms with Crippen LogP contribution in [-0.2, 0) is 0 Å². The molecule has 1 heterocycles. The molecule has 2 N–H and O–H groups in total. The smallest absolute Gasteiger partial charge is 0.161 e. The molecule has 0 saturated heterocycles. The summed E-state index contributed by atoms with van der Waals surface area (Å²) >= 11 is 0. The van der Waals surface area contributed by atoms with Crippen LogP contribution in [-0.4, -0.2) is 25.4 Å². The van der Waals surface area contributed by atoms with E-state index in [9.17, 15) is 5.11 Å². The van der Waals surface area contributed by atoms with Crippen molar-refractivity contribution in [2.45, 2.75) is 13.2 Å². The molecule has 4 heteroatoms. The van der Waals surface area contributed by atoms with Gasteiger partial charge in [0.05, 0.1) is 0 Å². The lowest BCUT2D eigenvalue weighted by atomic mass is 10.1. The molecule has 0 fully saturated rings. The SMILES string of the molecule is CNC(O)c1cc2c(cc1C)OCCO2. The van der Waals surface area contributed by atoms with E-state index in [-0.39, 0.29) is 0 Å². The van der Waals surface area contributed by atoms with Crippen LogP contribution in [0.5, 0.6) is 11.5 Å². The maximum atomic E-state index is 9.70. The highest BCUT2D eigenvalue weighted by molar-refractivity contribution is 5.48. The molecular formula is C11H15NO3. The highest BCUT2D eigenvalue weighted by Gasteiger charge is 2.16. The minimum atomic E-state index is -0.666. The first-order valence-corrected chi connectivity index (χ1v) is 4.98. The molecule has 0 radical (unpaired) electrons. The molecule has 1 aromatic carbocycles. The van der Waals surface area contributed by atoms with Gasteiger partial charge in [0.25, 0.3) is 0 Å². The molecule has 0 saturated carbocycles. The second kappa shape index (κ2) is 4.08. The quantitative estimate of drug-likeness (QED) is 0.713. The van der Waals surface area contributed by atoms with Crippen LogP contribution < -0.4 is 14.8 Å². The number of aliphatic hydroxyl groups is 1. The van der Waals surface area contributed by atoms with Gasteiger partial charge in [-0.25, -0.2) is 0 Å². The number of fused-ring (bicyclic) bond motifs is 1. The van der Waals surface area contributed by atoms with Gasteiger partial charge in [-0.05, 0) is 31.7 Å². The van der Waals surface area contributed by atoms with E-state index < -0.39 is 6.23 Å². The summed E-state index contributed by atoms with van der Waals surface area (Å²) in [4.78, 5) is 0. The second-order valence-electron chi connectivity index (χ2n) is 3.54. The van der Waals surface area contributed by atoms with Crippen LogP contribution in [0.15, 0.2) is 12.1 Å². The Balaban J connectivity index is 2.40. The van der Waals surface area contributed by atoms with Crippen LogP contribution in [0.1, 0.15) is 17.4 Å². The standard InChI is InChI=1S/C11H15NO3/c1-7-5-9-10(15-4-3-14-9)6-8(7)11(13)12-2/h5-6,11-13H,3-4H2,1-2H3. The van der Waals surface area contributed by atoms with Crippen molar-refractivity contribution >= 4 is 0 Å². The van der Waals surface area contributed by atoms with Crippen molar-refractivity contribution in [2.24, 2.45) is 0 Å². The average Bonchev–Trinajstić information content (AvgIpc) is 2.27. The Hall–Kier alpha value is -1.26. The first-order chi connectivity index (χ1) is 7.22. The zero-order valence-corrected chi connectivity index (χ0v) is 8.91. The van der Waals surface area contributed by atoms with Crippen LogP contribution in [0.3, 0.4) is 0 Å². The molecular weight excluding hydrogens is 194 g/mol. The fourth-order valence-electron chi connectivity index (χ4n) is 1.66. The van der Waals surface area contributed by atoms with Crippen molar-refractivity contribution in [3.8, 4) is 11.5 Å². The Bertz CT molecular complexity index is 365. The number of hydrogen-bond donors (Lipinski definition) is 2. The highest BCUT2D eigenvalue weighted by atomic mass is 16.6. The van der Waals surface area contributed by atoms with Gasteiger partial charge in [0.15, 0.2) is 11.5 Å². The summed E-state index contributed by atoms with van der Waals surface area (Å²) in [5.74, 6) is 1.46. The van der Waals surface area contributed by atoms with Crippen molar-refractivity contribution in [1.82, 2.24) is 5.32 Å². The van der Waals surface area contributed by atoms with Crippen molar-refractivity contribution in [1.29, 1.82) is 0 Å². The van der Waals surface area contributed by atoms with Crippen molar-refractivity contribution < 1.29 is 14.6 Å². The first-order valence-electron chi connectivity index (χ1n) is 4.98. The summed E-state index contributed by atoms with van der Waals surface area (Å²) in [6.45, 7) is 3.08. The van der Waals surface area contributed by atoms with Crippen molar-refractivity contribution in [3.63, 3.8) is 0 Å². The lowest BCUT2D eigenvalue weighted by molar-refractivity contribution is 0.145. The topological polar surface area (TPSA) is 50.7 Å². The van der Waals surface area contributed by atoms with Crippen LogP contribution in [0.2, 0.25) is 0 Å². The molecule has 1 aliphatic heterocycles. The van der Waals surface area contributed by atoms with E-state index in [2.05, 4.69) is 5.32 Å². The third kappa shape index (κ3) is 1.91. The highest BCUT2D eigenvalue weighted by Crippen LogP contribution is 2.34. The van der Waals surface area contributed by atoms with Crippen LogP contribution in [0, 0.1) is 6.92 Å². The summed E-state index contributed by atoms with van der Waals surface area (Å²) < 4.78 is 10.9. The van der Waals surface area contributed by atoms with E-state index in [1.165, 1.54) is 0 Å². The zero-order valence-electron chi connectivity index (χ0n) is 8.91. The molecule has 82 valence electrons. The summed E-state index contributed by atoms with van der Waals surface area (Å²) in [5.41, 5.74) is 1.81. The molecule has 0 amide bonds. The molecule has 0 spiro atoms. The summed E-state index contributed by atoms with van der Waals surface area (Å²) in [6.07, 6.45) is -0.666. The molecule has 2 rings (SSSR count). The van der Waals surface area contributed by atoms with Crippen LogP contribution in [0.4, 0.5) is 0 Å². The van der Waals surface area contributed by atoms with E-state index in [4.69, 9.17) is 9.47 Å². The Morgan fingerprint density at radius 1 is 1.27 bits per heavy atom. The molecule has 4 nitrogen and oxygen atoms in total. The number of rotatable bonds is 2. The fourth-order valence-corrected chi connectivity index (χ4v) is 1.66. The normalized spacial score (nSPS) is 16.2. The molecule has 1 unspecified atom stereocenters. The molecule has 0 aliphatic carbocycles. The maximum absolute atomic E-state index is 9.70. The van der Waals surface area contributed by atoms with Gasteiger partial charge in [-0.2, -0.15) is 0 Å². The predicted molar refractivity (Wildman–Crippen MR) is 56.2 cm³/mol. The number of ether oxygens (including phenoxy) is 2. The minimum absolute atomic E-state index is 0.561. The Morgan fingerprint density at radius 3 is 2.47 bits per heavy atom. The third-order valence-electron chi connectivity index (χ3n) is 2.50. The van der Waals surface area contributed by atoms with Gasteiger partial charge in [-0.15, -0.1) is 0 Å². The number of aliphatic hydroxyl groups excluding tert-OH is 1. The van der Waals surface area contributed by atoms with Gasteiger partial charge in [-0.1, -0.05) is 0 Å². The minimum Gasteiger partial charge on any atom is -0.486 e. The average molecular weight is 209 g/mol. The van der Waals surface area contributed by atoms with E-state index in [1.807, 2.05) is 19.1 Å². The maximum Gasteiger partial charge on any atom is 0.161 e. The first kappa shape index (κ1) is 10.3. The van der Waals surface area contributed by atoms with E-state index in [1.54, 1.807) is 7.05 Å². The molecule has 15 heavy (non-hydrogen) atoms. The van der Waals surface area contributed by atoms with Crippen molar-refractivity contribution in [3.05, 3.63) is 23.3 Å². The van der Waals surface area contributed by atoms with Gasteiger partial charge >= 0.3 is 0 Å². The number of aryl methyl sites for hydroxylation is 1. The van der Waals surface area contributed by atoms with E-state index >= 15 is 0 Å². The zero-order chi connectivity index (χ0) is 10.8. The van der Waals surface area contributed by atoms with Crippen molar-refractivity contribution in [2.75, 3.05) is 20.3 Å². The lowest BCUT2D eigenvalue weighted by Crippen LogP contribution is -2.19. The molecule has 1 aliphatic rings. The van der Waals surface area contributed by atoms with Gasteiger partial charge in [0.1, 0.15) is 19.4 Å². The largest absolute Gasteiger partial charge is 0.486 e. The van der Waals surface area contributed by atoms with Gasteiger partial charge in [0.2, 0.25) is 0 Å². The number of nitrogens with one attached hydrogen (secondary N) is 1. The Morgan fingerprint density at radius 2 is 1.87 bits per heavy atom. The number of benzene rings is 1. The van der Waals surface area contributed by atoms with Crippen LogP contribution in [0.25, 0.3) is 0 Å². The van der Waals surface area contributed by atoms with Gasteiger partial charge in [0, 0.05) is 5.56 Å². The molecule has 0 aromatic heterocycles. The summed E-state index contributed by atoms with van der Waals surface area (Å²) in [5, 5.41) is 12.5. The Kier molecular flexibility index (Phi) is 2.79. The second-order valence-corrected chi connectivity index (χ2v) is 3.54. The summed E-state index contributed by atoms with van der Waals surface area (Å²) in [6, 6.07) is 3.72. The van der Waals surface area contributed by atoms with Gasteiger partial charge < -0.3 is 14.6 Å².